The van der Waals surface area contributed by atoms with Gasteiger partial charge in [-0.25, -0.2) is 0 Å². The van der Waals surface area contributed by atoms with Crippen LogP contribution in [0.5, 0.6) is 0 Å². The lowest BCUT2D eigenvalue weighted by Gasteiger charge is -2.33. The first-order chi connectivity index (χ1) is 5.75. The zero-order valence-electron chi connectivity index (χ0n) is 8.16. The summed E-state index contributed by atoms with van der Waals surface area (Å²) in [7, 11) is 0. The lowest BCUT2D eigenvalue weighted by atomic mass is 9.78. The minimum Gasteiger partial charge on any atom is -0.176 e. The fraction of sp³-hybridized carbons (Fsp3) is 0.818. The summed E-state index contributed by atoms with van der Waals surface area (Å²) in [6.45, 7) is 4.47. The van der Waals surface area contributed by atoms with E-state index in [1.165, 1.54) is 25.7 Å². The zero-order valence-corrected chi connectivity index (χ0v) is 9.06. The van der Waals surface area contributed by atoms with Gasteiger partial charge in [-0.05, 0) is 31.6 Å². The highest BCUT2D eigenvalue weighted by Crippen LogP contribution is 2.35. The van der Waals surface area contributed by atoms with Crippen molar-refractivity contribution >= 4 is 12.6 Å². The van der Waals surface area contributed by atoms with Crippen LogP contribution in [-0.4, -0.2) is 5.25 Å². The third-order valence-electron chi connectivity index (χ3n) is 3.03. The Morgan fingerprint density at radius 3 is 2.75 bits per heavy atom. The summed E-state index contributed by atoms with van der Waals surface area (Å²) in [5, 5.41) is 0.643. The molecule has 1 saturated carbocycles. The minimum atomic E-state index is 0.643. The third-order valence-corrected chi connectivity index (χ3v) is 3.67. The molecule has 0 aromatic rings. The normalized spacial score (nSPS) is 37.4. The maximum absolute atomic E-state index is 4.65. The third kappa shape index (κ3) is 2.55. The molecule has 0 spiro atoms. The van der Waals surface area contributed by atoms with Crippen molar-refractivity contribution < 1.29 is 0 Å². The fourth-order valence-electron chi connectivity index (χ4n) is 2.14. The molecule has 0 aliphatic heterocycles. The van der Waals surface area contributed by atoms with Gasteiger partial charge in [0.2, 0.25) is 0 Å². The van der Waals surface area contributed by atoms with Crippen LogP contribution >= 0.6 is 12.6 Å². The summed E-state index contributed by atoms with van der Waals surface area (Å²) in [5.41, 5.74) is 0. The molecule has 0 aromatic heterocycles. The lowest BCUT2D eigenvalue weighted by Crippen LogP contribution is -2.26. The molecular weight excluding hydrogens is 164 g/mol. The molecule has 12 heavy (non-hydrogen) atoms. The first-order valence-electron chi connectivity index (χ1n) is 5.05. The number of hydrogen-bond donors (Lipinski definition) is 1. The second kappa shape index (κ2) is 4.96. The highest BCUT2D eigenvalue weighted by molar-refractivity contribution is 7.81. The monoisotopic (exact) mass is 184 g/mol. The first kappa shape index (κ1) is 10.2. The van der Waals surface area contributed by atoms with Crippen LogP contribution in [0, 0.1) is 11.8 Å². The van der Waals surface area contributed by atoms with Crippen molar-refractivity contribution in [2.75, 3.05) is 0 Å². The predicted molar refractivity (Wildman–Crippen MR) is 58.7 cm³/mol. The second-order valence-corrected chi connectivity index (χ2v) is 4.61. The van der Waals surface area contributed by atoms with Gasteiger partial charge in [-0.2, -0.15) is 12.6 Å². The van der Waals surface area contributed by atoms with E-state index in [9.17, 15) is 0 Å². The van der Waals surface area contributed by atoms with Crippen LogP contribution in [0.4, 0.5) is 0 Å². The van der Waals surface area contributed by atoms with Gasteiger partial charge in [-0.15, -0.1) is 0 Å². The van der Waals surface area contributed by atoms with E-state index in [1.54, 1.807) is 0 Å². The number of hydrogen-bond acceptors (Lipinski definition) is 1. The van der Waals surface area contributed by atoms with Gasteiger partial charge < -0.3 is 0 Å². The van der Waals surface area contributed by atoms with Crippen LogP contribution in [0.2, 0.25) is 0 Å². The summed E-state index contributed by atoms with van der Waals surface area (Å²) in [5.74, 6) is 1.69. The number of thiol groups is 1. The van der Waals surface area contributed by atoms with Crippen molar-refractivity contribution in [1.82, 2.24) is 0 Å². The maximum atomic E-state index is 4.65. The summed E-state index contributed by atoms with van der Waals surface area (Å²) >= 11 is 4.65. The van der Waals surface area contributed by atoms with E-state index in [0.29, 0.717) is 5.25 Å². The van der Waals surface area contributed by atoms with Crippen molar-refractivity contribution in [3.05, 3.63) is 12.2 Å². The molecule has 0 aromatic carbocycles. The van der Waals surface area contributed by atoms with E-state index in [0.717, 1.165) is 11.8 Å². The Hall–Kier alpha value is 0.0900. The SMILES string of the molecule is C/C=C\CC1C(S)CCC[C@@H]1C. The standard InChI is InChI=1S/C11H20S/c1-3-4-7-10-9(2)6-5-8-11(10)12/h3-4,9-12H,5-8H2,1-2H3/b4-3-/t9-,10?,11?/m0/s1. The molecule has 0 saturated heterocycles. The van der Waals surface area contributed by atoms with Crippen molar-refractivity contribution in [3.8, 4) is 0 Å². The topological polar surface area (TPSA) is 0 Å². The van der Waals surface area contributed by atoms with Crippen LogP contribution < -0.4 is 0 Å². The molecule has 0 radical (unpaired) electrons. The smallest absolute Gasteiger partial charge is 0.00505 e. The second-order valence-electron chi connectivity index (χ2n) is 3.94. The molecule has 0 heterocycles. The molecule has 2 unspecified atom stereocenters. The van der Waals surface area contributed by atoms with Gasteiger partial charge in [0.15, 0.2) is 0 Å². The van der Waals surface area contributed by atoms with Crippen molar-refractivity contribution in [1.29, 1.82) is 0 Å². The van der Waals surface area contributed by atoms with Gasteiger partial charge in [-0.3, -0.25) is 0 Å². The highest BCUT2D eigenvalue weighted by Gasteiger charge is 2.26. The van der Waals surface area contributed by atoms with Gasteiger partial charge in [0.25, 0.3) is 0 Å². The molecule has 0 bridgehead atoms. The van der Waals surface area contributed by atoms with Gasteiger partial charge in [0.1, 0.15) is 0 Å². The Labute approximate surface area is 81.8 Å². The van der Waals surface area contributed by atoms with Gasteiger partial charge >= 0.3 is 0 Å². The lowest BCUT2D eigenvalue weighted by molar-refractivity contribution is 0.269. The van der Waals surface area contributed by atoms with Crippen LogP contribution in [0.15, 0.2) is 12.2 Å². The van der Waals surface area contributed by atoms with Crippen molar-refractivity contribution in [3.63, 3.8) is 0 Å². The van der Waals surface area contributed by atoms with Gasteiger partial charge in [0.05, 0.1) is 0 Å². The molecule has 0 N–H and O–H groups in total. The molecular formula is C11H20S. The van der Waals surface area contributed by atoms with Gasteiger partial charge in [0, 0.05) is 5.25 Å². The Morgan fingerprint density at radius 2 is 2.17 bits per heavy atom. The zero-order chi connectivity index (χ0) is 8.97. The summed E-state index contributed by atoms with van der Waals surface area (Å²) in [6.07, 6.45) is 9.76. The predicted octanol–water partition coefficient (Wildman–Crippen LogP) is 3.69. The molecule has 3 atom stereocenters. The molecule has 1 fully saturated rings. The maximum Gasteiger partial charge on any atom is 0.00505 e. The summed E-state index contributed by atoms with van der Waals surface area (Å²) < 4.78 is 0. The van der Waals surface area contributed by atoms with E-state index in [1.807, 2.05) is 0 Å². The summed E-state index contributed by atoms with van der Waals surface area (Å²) in [6, 6.07) is 0. The van der Waals surface area contributed by atoms with Gasteiger partial charge in [-0.1, -0.05) is 31.9 Å². The number of rotatable bonds is 2. The van der Waals surface area contributed by atoms with Crippen LogP contribution in [0.25, 0.3) is 0 Å². The average molecular weight is 184 g/mol. The fourth-order valence-corrected chi connectivity index (χ4v) is 2.74. The molecule has 0 amide bonds. The molecule has 1 aliphatic carbocycles. The average Bonchev–Trinajstić information content (AvgIpc) is 2.04. The largest absolute Gasteiger partial charge is 0.176 e. The van der Waals surface area contributed by atoms with Crippen LogP contribution in [0.1, 0.15) is 39.5 Å². The summed E-state index contributed by atoms with van der Waals surface area (Å²) in [4.78, 5) is 0. The Bertz CT molecular complexity index is 141. The van der Waals surface area contributed by atoms with Crippen LogP contribution in [0.3, 0.4) is 0 Å². The molecule has 0 nitrogen and oxygen atoms in total. The number of allylic oxidation sites excluding steroid dienone is 2. The first-order valence-corrected chi connectivity index (χ1v) is 5.56. The van der Waals surface area contributed by atoms with Crippen molar-refractivity contribution in [2.45, 2.75) is 44.8 Å². The molecule has 1 aliphatic rings. The van der Waals surface area contributed by atoms with Crippen LogP contribution in [-0.2, 0) is 0 Å². The Morgan fingerprint density at radius 1 is 1.42 bits per heavy atom. The Balaban J connectivity index is 2.45. The quantitative estimate of drug-likeness (QED) is 0.491. The van der Waals surface area contributed by atoms with E-state index < -0.39 is 0 Å². The molecule has 1 rings (SSSR count). The minimum absolute atomic E-state index is 0.643. The molecule has 1 heteroatoms. The van der Waals surface area contributed by atoms with Crippen molar-refractivity contribution in [2.24, 2.45) is 11.8 Å². The molecule has 70 valence electrons. The van der Waals surface area contributed by atoms with E-state index >= 15 is 0 Å². The van der Waals surface area contributed by atoms with E-state index in [4.69, 9.17) is 0 Å². The Kier molecular flexibility index (Phi) is 4.20. The van der Waals surface area contributed by atoms with E-state index in [-0.39, 0.29) is 0 Å². The highest BCUT2D eigenvalue weighted by atomic mass is 32.1. The van der Waals surface area contributed by atoms with E-state index in [2.05, 4.69) is 38.6 Å².